The highest BCUT2D eigenvalue weighted by Gasteiger charge is 2.36. The second-order valence-electron chi connectivity index (χ2n) is 9.61. The summed E-state index contributed by atoms with van der Waals surface area (Å²) in [5.74, 6) is -0.287. The number of hydrogen-bond donors (Lipinski definition) is 0. The maximum absolute atomic E-state index is 14.1. The Labute approximate surface area is 221 Å². The van der Waals surface area contributed by atoms with Gasteiger partial charge >= 0.3 is 0 Å². The van der Waals surface area contributed by atoms with E-state index in [1.54, 1.807) is 41.4 Å². The van der Waals surface area contributed by atoms with Gasteiger partial charge in [-0.05, 0) is 54.7 Å². The molecule has 9 heteroatoms. The van der Waals surface area contributed by atoms with Crippen molar-refractivity contribution in [3.8, 4) is 0 Å². The molecule has 4 aromatic rings. The summed E-state index contributed by atoms with van der Waals surface area (Å²) in [5.41, 5.74) is 2.81. The number of benzene rings is 2. The van der Waals surface area contributed by atoms with Crippen molar-refractivity contribution in [1.29, 1.82) is 0 Å². The van der Waals surface area contributed by atoms with Gasteiger partial charge in [-0.1, -0.05) is 61.6 Å². The Kier molecular flexibility index (Phi) is 7.37. The van der Waals surface area contributed by atoms with E-state index in [2.05, 4.69) is 24.9 Å². The number of carbonyl (C=O) groups excluding carboxylic acids is 1. The molecule has 0 bridgehead atoms. The highest BCUT2D eigenvalue weighted by atomic mass is 32.2. The van der Waals surface area contributed by atoms with E-state index in [-0.39, 0.29) is 23.9 Å². The second kappa shape index (κ2) is 10.7. The summed E-state index contributed by atoms with van der Waals surface area (Å²) in [6.07, 6.45) is 2.96. The molecule has 7 nitrogen and oxygen atoms in total. The number of pyridine rings is 1. The third-order valence-electron chi connectivity index (χ3n) is 6.72. The average molecular weight is 535 g/mol. The summed E-state index contributed by atoms with van der Waals surface area (Å²) in [6, 6.07) is 20.2. The van der Waals surface area contributed by atoms with E-state index < -0.39 is 15.9 Å². The summed E-state index contributed by atoms with van der Waals surface area (Å²) < 4.78 is 29.0. The Bertz CT molecular complexity index is 1490. The fraction of sp³-hybridized carbons (Fsp3) is 0.321. The average Bonchev–Trinajstić information content (AvgIpc) is 3.36. The van der Waals surface area contributed by atoms with Gasteiger partial charge in [-0.3, -0.25) is 14.7 Å². The third-order valence-corrected chi connectivity index (χ3v) is 9.64. The number of piperidine rings is 1. The van der Waals surface area contributed by atoms with E-state index in [1.807, 2.05) is 30.3 Å². The van der Waals surface area contributed by atoms with Gasteiger partial charge in [0.05, 0.1) is 33.3 Å². The number of aromatic nitrogens is 2. The van der Waals surface area contributed by atoms with E-state index >= 15 is 0 Å². The van der Waals surface area contributed by atoms with Gasteiger partial charge in [-0.2, -0.15) is 4.31 Å². The van der Waals surface area contributed by atoms with Gasteiger partial charge in [0, 0.05) is 19.3 Å². The van der Waals surface area contributed by atoms with Crippen LogP contribution in [0.2, 0.25) is 0 Å². The number of amides is 1. The Morgan fingerprint density at radius 1 is 1.08 bits per heavy atom. The lowest BCUT2D eigenvalue weighted by molar-refractivity contribution is -0.123. The molecule has 3 heterocycles. The van der Waals surface area contributed by atoms with Gasteiger partial charge in [-0.25, -0.2) is 13.4 Å². The zero-order valence-electron chi connectivity index (χ0n) is 20.9. The molecule has 0 spiro atoms. The summed E-state index contributed by atoms with van der Waals surface area (Å²) >= 11 is 1.49. The van der Waals surface area contributed by atoms with Gasteiger partial charge in [0.2, 0.25) is 15.9 Å². The minimum Gasteiger partial charge on any atom is -0.282 e. The van der Waals surface area contributed by atoms with Crippen LogP contribution in [-0.2, 0) is 21.4 Å². The third kappa shape index (κ3) is 5.30. The first-order valence-electron chi connectivity index (χ1n) is 12.5. The molecule has 2 aromatic heterocycles. The van der Waals surface area contributed by atoms with E-state index in [0.717, 1.165) is 21.5 Å². The first-order chi connectivity index (χ1) is 17.8. The minimum absolute atomic E-state index is 0.122. The molecule has 1 fully saturated rings. The van der Waals surface area contributed by atoms with Crippen molar-refractivity contribution in [3.05, 3.63) is 84.2 Å². The number of anilines is 1. The lowest BCUT2D eigenvalue weighted by Crippen LogP contribution is -2.46. The molecule has 0 N–H and O–H groups in total. The fourth-order valence-electron chi connectivity index (χ4n) is 4.76. The van der Waals surface area contributed by atoms with E-state index in [9.17, 15) is 13.2 Å². The molecule has 0 radical (unpaired) electrons. The molecule has 1 saturated heterocycles. The van der Waals surface area contributed by atoms with Crippen molar-refractivity contribution < 1.29 is 13.2 Å². The molecule has 1 aliphatic rings. The predicted molar refractivity (Wildman–Crippen MR) is 147 cm³/mol. The quantitative estimate of drug-likeness (QED) is 0.315. The number of fused-ring (bicyclic) bond motifs is 1. The van der Waals surface area contributed by atoms with E-state index in [0.29, 0.717) is 30.4 Å². The molecule has 5 rings (SSSR count). The second-order valence-corrected chi connectivity index (χ2v) is 12.6. The largest absolute Gasteiger partial charge is 0.282 e. The highest BCUT2D eigenvalue weighted by Crippen LogP contribution is 2.35. The molecule has 1 unspecified atom stereocenters. The Hall–Kier alpha value is -3.14. The first-order valence-corrected chi connectivity index (χ1v) is 14.8. The van der Waals surface area contributed by atoms with Crippen LogP contribution in [0.4, 0.5) is 5.13 Å². The maximum atomic E-state index is 14.1. The maximum Gasteiger partial charge on any atom is 0.243 e. The van der Waals surface area contributed by atoms with E-state index in [1.165, 1.54) is 15.6 Å². The standard InChI is InChI=1S/C28H30N4O3S2/c1-20(2)24-14-8-15-25-26(24)30-28(36-25)32(19-22-11-6-7-16-29-22)27(33)21-10-9-17-31(18-21)37(34,35)23-12-4-3-5-13-23/h3-8,11-16,20-21H,9-10,17-19H2,1-2H3. The molecule has 37 heavy (non-hydrogen) atoms. The smallest absolute Gasteiger partial charge is 0.243 e. The van der Waals surface area contributed by atoms with Crippen LogP contribution in [0, 0.1) is 5.92 Å². The topological polar surface area (TPSA) is 83.5 Å². The van der Waals surface area contributed by atoms with Crippen LogP contribution >= 0.6 is 11.3 Å². The molecule has 1 atom stereocenters. The fourth-order valence-corrected chi connectivity index (χ4v) is 7.31. The normalized spacial score (nSPS) is 16.8. The molecule has 0 aliphatic carbocycles. The van der Waals surface area contributed by atoms with Gasteiger partial charge in [0.15, 0.2) is 5.13 Å². The molecule has 0 saturated carbocycles. The van der Waals surface area contributed by atoms with Crippen LogP contribution in [0.3, 0.4) is 0 Å². The number of para-hydroxylation sites is 1. The SMILES string of the molecule is CC(C)c1cccc2sc(N(Cc3ccccn3)C(=O)C3CCCN(S(=O)(=O)c4ccccc4)C3)nc12. The zero-order chi connectivity index (χ0) is 26.0. The van der Waals surface area contributed by atoms with Crippen LogP contribution < -0.4 is 4.90 Å². The van der Waals surface area contributed by atoms with Crippen molar-refractivity contribution in [2.24, 2.45) is 5.92 Å². The molecule has 2 aromatic carbocycles. The van der Waals surface area contributed by atoms with Crippen LogP contribution in [0.5, 0.6) is 0 Å². The molecule has 1 amide bonds. The molecule has 192 valence electrons. The number of rotatable bonds is 7. The number of carbonyl (C=O) groups is 1. The summed E-state index contributed by atoms with van der Waals surface area (Å²) in [6.45, 7) is 5.10. The van der Waals surface area contributed by atoms with Crippen molar-refractivity contribution >= 4 is 42.6 Å². The summed E-state index contributed by atoms with van der Waals surface area (Å²) in [4.78, 5) is 25.4. The van der Waals surface area contributed by atoms with Gasteiger partial charge < -0.3 is 0 Å². The number of nitrogens with zero attached hydrogens (tertiary/aromatic N) is 4. The van der Waals surface area contributed by atoms with Crippen LogP contribution in [0.15, 0.2) is 77.8 Å². The van der Waals surface area contributed by atoms with Crippen molar-refractivity contribution in [3.63, 3.8) is 0 Å². The first kappa shape index (κ1) is 25.5. The number of thiazole rings is 1. The predicted octanol–water partition coefficient (Wildman–Crippen LogP) is 5.45. The van der Waals surface area contributed by atoms with E-state index in [4.69, 9.17) is 4.98 Å². The zero-order valence-corrected chi connectivity index (χ0v) is 22.6. The summed E-state index contributed by atoms with van der Waals surface area (Å²) in [5, 5.41) is 0.613. The molecular weight excluding hydrogens is 504 g/mol. The highest BCUT2D eigenvalue weighted by molar-refractivity contribution is 7.89. The number of hydrogen-bond acceptors (Lipinski definition) is 6. The van der Waals surface area contributed by atoms with Crippen molar-refractivity contribution in [2.45, 2.75) is 44.0 Å². The Morgan fingerprint density at radius 2 is 1.86 bits per heavy atom. The summed E-state index contributed by atoms with van der Waals surface area (Å²) in [7, 11) is -3.68. The lowest BCUT2D eigenvalue weighted by Gasteiger charge is -2.33. The minimum atomic E-state index is -3.68. The van der Waals surface area contributed by atoms with Crippen molar-refractivity contribution in [1.82, 2.24) is 14.3 Å². The van der Waals surface area contributed by atoms with Gasteiger partial charge in [0.1, 0.15) is 0 Å². The lowest BCUT2D eigenvalue weighted by atomic mass is 9.98. The Morgan fingerprint density at radius 3 is 2.59 bits per heavy atom. The molecule has 1 aliphatic heterocycles. The van der Waals surface area contributed by atoms with Crippen LogP contribution in [0.25, 0.3) is 10.2 Å². The number of sulfonamides is 1. The van der Waals surface area contributed by atoms with Crippen LogP contribution in [0.1, 0.15) is 43.9 Å². The Balaban J connectivity index is 1.48. The monoisotopic (exact) mass is 534 g/mol. The van der Waals surface area contributed by atoms with Crippen molar-refractivity contribution in [2.75, 3.05) is 18.0 Å². The van der Waals surface area contributed by atoms with Crippen LogP contribution in [-0.4, -0.2) is 41.7 Å². The van der Waals surface area contributed by atoms with Gasteiger partial charge in [0.25, 0.3) is 0 Å². The molecular formula is C28H30N4O3S2. The van der Waals surface area contributed by atoms with Gasteiger partial charge in [-0.15, -0.1) is 0 Å².